The average molecular weight is 594 g/mol. The summed E-state index contributed by atoms with van der Waals surface area (Å²) in [6.07, 6.45) is 1.77. The van der Waals surface area contributed by atoms with Gasteiger partial charge in [0.2, 0.25) is 0 Å². The maximum atomic E-state index is 12.5. The first-order valence-electron chi connectivity index (χ1n) is 10.2. The number of hydrogen-bond acceptors (Lipinski definition) is 6. The maximum absolute atomic E-state index is 12.5. The number of thioether (sulfide) groups is 1. The van der Waals surface area contributed by atoms with Crippen LogP contribution in [0.15, 0.2) is 69.0 Å². The lowest BCUT2D eigenvalue weighted by Gasteiger charge is -2.13. The molecule has 0 aromatic heterocycles. The summed E-state index contributed by atoms with van der Waals surface area (Å²) in [4.78, 5) is 17.5. The normalized spacial score (nSPS) is 15.4. The monoisotopic (exact) mass is 592 g/mol. The zero-order valence-electron chi connectivity index (χ0n) is 18.6. The minimum absolute atomic E-state index is 0.229. The summed E-state index contributed by atoms with van der Waals surface area (Å²) in [5.41, 5.74) is 2.33. The minimum Gasteiger partial charge on any atom is -0.497 e. The van der Waals surface area contributed by atoms with E-state index in [0.29, 0.717) is 37.3 Å². The van der Waals surface area contributed by atoms with Gasteiger partial charge in [0.05, 0.1) is 34.9 Å². The SMILES string of the molecule is COc1ccc(N=C2NC(=O)/C(=C\c3cc(OC)c(OCc4ccc(Cl)c(Cl)c4)cc3Br)S2)cc1. The molecule has 1 aliphatic rings. The van der Waals surface area contributed by atoms with E-state index in [-0.39, 0.29) is 12.5 Å². The van der Waals surface area contributed by atoms with E-state index in [2.05, 4.69) is 26.2 Å². The van der Waals surface area contributed by atoms with Crippen molar-refractivity contribution in [1.29, 1.82) is 0 Å². The molecule has 6 nitrogen and oxygen atoms in total. The molecule has 0 aliphatic carbocycles. The standard InChI is InChI=1S/C25H19BrCl2N2O4S/c1-32-17-6-4-16(5-7-17)29-25-30-24(31)23(35-25)11-15-10-21(33-2)22(12-18(15)26)34-13-14-3-8-19(27)20(28)9-14/h3-12H,13H2,1-2H3,(H,29,30,31)/b23-11+. The molecule has 0 atom stereocenters. The van der Waals surface area contributed by atoms with Gasteiger partial charge in [-0.25, -0.2) is 4.99 Å². The van der Waals surface area contributed by atoms with Crippen molar-refractivity contribution in [2.45, 2.75) is 6.61 Å². The van der Waals surface area contributed by atoms with E-state index in [1.807, 2.05) is 30.3 Å². The van der Waals surface area contributed by atoms with Crippen LogP contribution in [0.25, 0.3) is 6.08 Å². The number of rotatable bonds is 7. The third-order valence-electron chi connectivity index (χ3n) is 4.90. The van der Waals surface area contributed by atoms with Crippen molar-refractivity contribution >= 4 is 73.7 Å². The fourth-order valence-electron chi connectivity index (χ4n) is 3.12. The zero-order chi connectivity index (χ0) is 24.9. The number of benzene rings is 3. The van der Waals surface area contributed by atoms with Crippen molar-refractivity contribution in [1.82, 2.24) is 5.32 Å². The van der Waals surface area contributed by atoms with E-state index >= 15 is 0 Å². The largest absolute Gasteiger partial charge is 0.497 e. The van der Waals surface area contributed by atoms with E-state index in [4.69, 9.17) is 37.4 Å². The highest BCUT2D eigenvalue weighted by Gasteiger charge is 2.24. The maximum Gasteiger partial charge on any atom is 0.264 e. The molecule has 1 N–H and O–H groups in total. The van der Waals surface area contributed by atoms with E-state index in [1.165, 1.54) is 11.8 Å². The van der Waals surface area contributed by atoms with Crippen LogP contribution in [0.4, 0.5) is 5.69 Å². The van der Waals surface area contributed by atoms with Crippen molar-refractivity contribution in [3.63, 3.8) is 0 Å². The Morgan fingerprint density at radius 3 is 2.46 bits per heavy atom. The Labute approximate surface area is 225 Å². The van der Waals surface area contributed by atoms with Gasteiger partial charge in [0.25, 0.3) is 5.91 Å². The number of hydrogen-bond donors (Lipinski definition) is 1. The predicted molar refractivity (Wildman–Crippen MR) is 145 cm³/mol. The molecule has 1 aliphatic heterocycles. The van der Waals surface area contributed by atoms with Gasteiger partial charge in [0.15, 0.2) is 16.7 Å². The highest BCUT2D eigenvalue weighted by molar-refractivity contribution is 9.10. The molecule has 3 aromatic carbocycles. The third kappa shape index (κ3) is 6.32. The Bertz CT molecular complexity index is 1330. The molecular formula is C25H19BrCl2N2O4S. The number of aliphatic imine (C=N–C) groups is 1. The van der Waals surface area contributed by atoms with E-state index in [1.54, 1.807) is 44.6 Å². The minimum atomic E-state index is -0.229. The number of carbonyl (C=O) groups is 1. The molecule has 35 heavy (non-hydrogen) atoms. The lowest BCUT2D eigenvalue weighted by atomic mass is 10.1. The van der Waals surface area contributed by atoms with Crippen molar-refractivity contribution in [2.75, 3.05) is 14.2 Å². The van der Waals surface area contributed by atoms with Crippen molar-refractivity contribution in [3.05, 3.63) is 85.1 Å². The summed E-state index contributed by atoms with van der Waals surface area (Å²) < 4.78 is 17.4. The molecule has 1 fully saturated rings. The van der Waals surface area contributed by atoms with Crippen molar-refractivity contribution in [3.8, 4) is 17.2 Å². The Hall–Kier alpha value is -2.65. The summed E-state index contributed by atoms with van der Waals surface area (Å²) in [5, 5.41) is 4.24. The van der Waals surface area contributed by atoms with Gasteiger partial charge in [-0.05, 0) is 77.5 Å². The van der Waals surface area contributed by atoms with Crippen LogP contribution < -0.4 is 19.5 Å². The predicted octanol–water partition coefficient (Wildman–Crippen LogP) is 7.24. The second-order valence-electron chi connectivity index (χ2n) is 7.24. The highest BCUT2D eigenvalue weighted by Crippen LogP contribution is 2.37. The van der Waals surface area contributed by atoms with Crippen molar-refractivity contribution < 1.29 is 19.0 Å². The second kappa shape index (κ2) is 11.4. The smallest absolute Gasteiger partial charge is 0.264 e. The van der Waals surface area contributed by atoms with Crippen LogP contribution in [-0.2, 0) is 11.4 Å². The molecule has 0 spiro atoms. The number of amidine groups is 1. The van der Waals surface area contributed by atoms with Gasteiger partial charge < -0.3 is 19.5 Å². The summed E-state index contributed by atoms with van der Waals surface area (Å²) in [7, 11) is 3.16. The van der Waals surface area contributed by atoms with Gasteiger partial charge in [-0.2, -0.15) is 0 Å². The summed E-state index contributed by atoms with van der Waals surface area (Å²) in [6, 6.07) is 16.2. The van der Waals surface area contributed by atoms with Crippen LogP contribution in [0.1, 0.15) is 11.1 Å². The Balaban J connectivity index is 1.52. The van der Waals surface area contributed by atoms with Gasteiger partial charge in [-0.3, -0.25) is 4.79 Å². The first kappa shape index (κ1) is 25.4. The second-order valence-corrected chi connectivity index (χ2v) is 9.94. The molecule has 180 valence electrons. The molecule has 0 unspecified atom stereocenters. The number of amides is 1. The first-order valence-corrected chi connectivity index (χ1v) is 12.6. The Kier molecular flexibility index (Phi) is 8.28. The molecule has 1 saturated heterocycles. The van der Waals surface area contributed by atoms with E-state index in [9.17, 15) is 4.79 Å². The van der Waals surface area contributed by atoms with Gasteiger partial charge in [0.1, 0.15) is 12.4 Å². The van der Waals surface area contributed by atoms with E-state index < -0.39 is 0 Å². The fourth-order valence-corrected chi connectivity index (χ4v) is 4.71. The van der Waals surface area contributed by atoms with Gasteiger partial charge in [0, 0.05) is 4.47 Å². The third-order valence-corrected chi connectivity index (χ3v) is 7.24. The molecule has 3 aromatic rings. The number of carbonyl (C=O) groups excluding carboxylic acids is 1. The molecule has 1 heterocycles. The zero-order valence-corrected chi connectivity index (χ0v) is 22.5. The Morgan fingerprint density at radius 1 is 1.00 bits per heavy atom. The van der Waals surface area contributed by atoms with Crippen LogP contribution in [0.2, 0.25) is 10.0 Å². The molecular weight excluding hydrogens is 575 g/mol. The number of nitrogens with one attached hydrogen (secondary N) is 1. The molecule has 1 amide bonds. The lowest BCUT2D eigenvalue weighted by molar-refractivity contribution is -0.115. The van der Waals surface area contributed by atoms with Crippen LogP contribution in [0.3, 0.4) is 0 Å². The molecule has 0 radical (unpaired) electrons. The van der Waals surface area contributed by atoms with E-state index in [0.717, 1.165) is 21.3 Å². The molecule has 0 saturated carbocycles. The van der Waals surface area contributed by atoms with Crippen LogP contribution in [0, 0.1) is 0 Å². The Morgan fingerprint density at radius 2 is 1.77 bits per heavy atom. The summed E-state index contributed by atoms with van der Waals surface area (Å²) >= 11 is 16.9. The number of nitrogens with zero attached hydrogens (tertiary/aromatic N) is 1. The van der Waals surface area contributed by atoms with Crippen LogP contribution >= 0.6 is 50.9 Å². The van der Waals surface area contributed by atoms with Gasteiger partial charge in [-0.1, -0.05) is 45.2 Å². The number of methoxy groups -OCH3 is 2. The molecule has 10 heteroatoms. The fraction of sp³-hybridized carbons (Fsp3) is 0.120. The first-order chi connectivity index (χ1) is 16.9. The van der Waals surface area contributed by atoms with Crippen LogP contribution in [0.5, 0.6) is 17.2 Å². The number of ether oxygens (including phenoxy) is 3. The topological polar surface area (TPSA) is 69.2 Å². The van der Waals surface area contributed by atoms with Gasteiger partial charge in [-0.15, -0.1) is 0 Å². The average Bonchev–Trinajstić information content (AvgIpc) is 3.19. The quantitative estimate of drug-likeness (QED) is 0.292. The van der Waals surface area contributed by atoms with Crippen LogP contribution in [-0.4, -0.2) is 25.3 Å². The molecule has 0 bridgehead atoms. The molecule has 4 rings (SSSR count). The summed E-state index contributed by atoms with van der Waals surface area (Å²) in [5.74, 6) is 1.57. The highest BCUT2D eigenvalue weighted by atomic mass is 79.9. The summed E-state index contributed by atoms with van der Waals surface area (Å²) in [6.45, 7) is 0.281. The van der Waals surface area contributed by atoms with Crippen molar-refractivity contribution in [2.24, 2.45) is 4.99 Å². The van der Waals surface area contributed by atoms with Gasteiger partial charge >= 0.3 is 0 Å². The lowest BCUT2D eigenvalue weighted by Crippen LogP contribution is -2.19. The number of halogens is 3.